The number of nitrogens with one attached hydrogen (secondary N) is 1. The first-order valence-corrected chi connectivity index (χ1v) is 8.01. The monoisotopic (exact) mass is 273 g/mol. The molecule has 2 fully saturated rings. The molecule has 3 rings (SSSR count). The van der Waals surface area contributed by atoms with Crippen LogP contribution in [0.5, 0.6) is 0 Å². The molecule has 2 saturated heterocycles. The van der Waals surface area contributed by atoms with Gasteiger partial charge < -0.3 is 10.2 Å². The van der Waals surface area contributed by atoms with E-state index in [1.165, 1.54) is 51.0 Å². The molecule has 0 amide bonds. The Bertz CT molecular complexity index is 406. The molecule has 20 heavy (non-hydrogen) atoms. The molecule has 0 spiro atoms. The van der Waals surface area contributed by atoms with Gasteiger partial charge in [-0.2, -0.15) is 0 Å². The van der Waals surface area contributed by atoms with Gasteiger partial charge in [0, 0.05) is 38.3 Å². The highest BCUT2D eigenvalue weighted by molar-refractivity contribution is 5.14. The Morgan fingerprint density at radius 1 is 1.15 bits per heavy atom. The van der Waals surface area contributed by atoms with Crippen molar-refractivity contribution in [3.05, 3.63) is 35.9 Å². The highest BCUT2D eigenvalue weighted by Crippen LogP contribution is 2.16. The lowest BCUT2D eigenvalue weighted by Crippen LogP contribution is -2.41. The summed E-state index contributed by atoms with van der Waals surface area (Å²) in [6.07, 6.45) is 4.03. The molecule has 1 N–H and O–H groups in total. The van der Waals surface area contributed by atoms with Crippen LogP contribution < -0.4 is 5.32 Å². The minimum atomic E-state index is 0.688. The van der Waals surface area contributed by atoms with Gasteiger partial charge in [-0.25, -0.2) is 0 Å². The van der Waals surface area contributed by atoms with Crippen LogP contribution >= 0.6 is 0 Å². The third kappa shape index (κ3) is 3.60. The predicted octanol–water partition coefficient (Wildman–Crippen LogP) is 1.94. The lowest BCUT2D eigenvalue weighted by molar-refractivity contribution is 0.283. The number of benzene rings is 1. The predicted molar refractivity (Wildman–Crippen MR) is 83.8 cm³/mol. The first-order chi connectivity index (χ1) is 9.81. The Morgan fingerprint density at radius 2 is 2.00 bits per heavy atom. The zero-order chi connectivity index (χ0) is 13.8. The minimum Gasteiger partial charge on any atom is -0.311 e. The van der Waals surface area contributed by atoms with E-state index in [-0.39, 0.29) is 0 Å². The highest BCUT2D eigenvalue weighted by atomic mass is 15.2. The Morgan fingerprint density at radius 3 is 2.75 bits per heavy atom. The Hall–Kier alpha value is -0.900. The smallest absolute Gasteiger partial charge is 0.0234 e. The molecular weight excluding hydrogens is 246 g/mol. The summed E-state index contributed by atoms with van der Waals surface area (Å²) in [7, 11) is 2.26. The molecule has 2 aliphatic rings. The molecule has 2 unspecified atom stereocenters. The summed E-state index contributed by atoms with van der Waals surface area (Å²) in [5.74, 6) is 0. The summed E-state index contributed by atoms with van der Waals surface area (Å²) in [6, 6.07) is 12.3. The summed E-state index contributed by atoms with van der Waals surface area (Å²) >= 11 is 0. The lowest BCUT2D eigenvalue weighted by atomic mass is 10.2. The van der Waals surface area contributed by atoms with Gasteiger partial charge in [0.2, 0.25) is 0 Å². The third-order valence-corrected chi connectivity index (χ3v) is 4.84. The van der Waals surface area contributed by atoms with Gasteiger partial charge in [0.25, 0.3) is 0 Å². The van der Waals surface area contributed by atoms with Crippen molar-refractivity contribution in [1.82, 2.24) is 15.1 Å². The molecule has 2 heterocycles. The van der Waals surface area contributed by atoms with E-state index in [1.807, 2.05) is 0 Å². The fourth-order valence-corrected chi connectivity index (χ4v) is 3.52. The molecule has 110 valence electrons. The van der Waals surface area contributed by atoms with Gasteiger partial charge in [0.05, 0.1) is 0 Å². The van der Waals surface area contributed by atoms with Crippen molar-refractivity contribution in [2.75, 3.05) is 33.2 Å². The Kier molecular flexibility index (Phi) is 4.71. The van der Waals surface area contributed by atoms with E-state index in [4.69, 9.17) is 0 Å². The van der Waals surface area contributed by atoms with Crippen molar-refractivity contribution in [1.29, 1.82) is 0 Å². The molecule has 1 aromatic rings. The standard InChI is InChI=1S/C17H27N3/c1-19-10-5-8-17(19)12-18-16-9-11-20(14-16)13-15-6-3-2-4-7-15/h2-4,6-7,16-18H,5,8-14H2,1H3. The second-order valence-corrected chi connectivity index (χ2v) is 6.39. The van der Waals surface area contributed by atoms with Gasteiger partial charge in [-0.1, -0.05) is 30.3 Å². The van der Waals surface area contributed by atoms with Crippen LogP contribution in [-0.4, -0.2) is 55.1 Å². The van der Waals surface area contributed by atoms with Crippen molar-refractivity contribution in [2.24, 2.45) is 0 Å². The molecule has 0 aromatic heterocycles. The largest absolute Gasteiger partial charge is 0.311 e. The quantitative estimate of drug-likeness (QED) is 0.884. The zero-order valence-electron chi connectivity index (χ0n) is 12.6. The van der Waals surface area contributed by atoms with Crippen molar-refractivity contribution < 1.29 is 0 Å². The Balaban J connectivity index is 1.41. The maximum absolute atomic E-state index is 3.79. The maximum Gasteiger partial charge on any atom is 0.0234 e. The fraction of sp³-hybridized carbons (Fsp3) is 0.647. The van der Waals surface area contributed by atoms with Crippen molar-refractivity contribution >= 4 is 0 Å². The van der Waals surface area contributed by atoms with Crippen LogP contribution in [0, 0.1) is 0 Å². The molecular formula is C17H27N3. The van der Waals surface area contributed by atoms with Crippen molar-refractivity contribution in [3.8, 4) is 0 Å². The van der Waals surface area contributed by atoms with E-state index < -0.39 is 0 Å². The summed E-state index contributed by atoms with van der Waals surface area (Å²) < 4.78 is 0. The number of likely N-dealkylation sites (tertiary alicyclic amines) is 2. The molecule has 0 saturated carbocycles. The first kappa shape index (κ1) is 14.1. The molecule has 2 atom stereocenters. The second kappa shape index (κ2) is 6.70. The summed E-state index contributed by atoms with van der Waals surface area (Å²) in [6.45, 7) is 5.97. The molecule has 0 radical (unpaired) electrons. The van der Waals surface area contributed by atoms with Crippen molar-refractivity contribution in [2.45, 2.75) is 37.9 Å². The molecule has 0 aliphatic carbocycles. The van der Waals surface area contributed by atoms with Gasteiger partial charge in [-0.05, 0) is 38.4 Å². The van der Waals surface area contributed by atoms with Gasteiger partial charge in [-0.3, -0.25) is 4.90 Å². The number of likely N-dealkylation sites (N-methyl/N-ethyl adjacent to an activating group) is 1. The van der Waals surface area contributed by atoms with Crippen LogP contribution in [0.3, 0.4) is 0 Å². The second-order valence-electron chi connectivity index (χ2n) is 6.39. The lowest BCUT2D eigenvalue weighted by Gasteiger charge is -2.22. The van der Waals surface area contributed by atoms with Crippen molar-refractivity contribution in [3.63, 3.8) is 0 Å². The molecule has 3 nitrogen and oxygen atoms in total. The van der Waals surface area contributed by atoms with Crippen LogP contribution in [0.25, 0.3) is 0 Å². The van der Waals surface area contributed by atoms with E-state index in [0.29, 0.717) is 6.04 Å². The summed E-state index contributed by atoms with van der Waals surface area (Å²) in [4.78, 5) is 5.08. The topological polar surface area (TPSA) is 18.5 Å². The van der Waals surface area contributed by atoms with Crippen LogP contribution in [0.2, 0.25) is 0 Å². The van der Waals surface area contributed by atoms with E-state index in [2.05, 4.69) is 52.5 Å². The van der Waals surface area contributed by atoms with Gasteiger partial charge in [0.1, 0.15) is 0 Å². The molecule has 3 heteroatoms. The van der Waals surface area contributed by atoms with Gasteiger partial charge in [-0.15, -0.1) is 0 Å². The van der Waals surface area contributed by atoms with Gasteiger partial charge >= 0.3 is 0 Å². The average Bonchev–Trinajstić information content (AvgIpc) is 3.07. The van der Waals surface area contributed by atoms with E-state index in [9.17, 15) is 0 Å². The number of rotatable bonds is 5. The summed E-state index contributed by atoms with van der Waals surface area (Å²) in [5, 5.41) is 3.79. The normalized spacial score (nSPS) is 28.2. The van der Waals surface area contributed by atoms with E-state index in [0.717, 1.165) is 12.6 Å². The van der Waals surface area contributed by atoms with Crippen LogP contribution in [0.15, 0.2) is 30.3 Å². The Labute approximate surface area is 123 Å². The minimum absolute atomic E-state index is 0.688. The zero-order valence-corrected chi connectivity index (χ0v) is 12.6. The average molecular weight is 273 g/mol. The number of hydrogen-bond donors (Lipinski definition) is 1. The molecule has 2 aliphatic heterocycles. The van der Waals surface area contributed by atoms with Crippen LogP contribution in [0.4, 0.5) is 0 Å². The van der Waals surface area contributed by atoms with Gasteiger partial charge in [0.15, 0.2) is 0 Å². The molecule has 0 bridgehead atoms. The molecule has 1 aromatic carbocycles. The highest BCUT2D eigenvalue weighted by Gasteiger charge is 2.25. The van der Waals surface area contributed by atoms with E-state index >= 15 is 0 Å². The third-order valence-electron chi connectivity index (χ3n) is 4.84. The first-order valence-electron chi connectivity index (χ1n) is 8.01. The number of nitrogens with zero attached hydrogens (tertiary/aromatic N) is 2. The van der Waals surface area contributed by atoms with Crippen LogP contribution in [-0.2, 0) is 6.54 Å². The SMILES string of the molecule is CN1CCCC1CNC1CCN(Cc2ccccc2)C1. The summed E-state index contributed by atoms with van der Waals surface area (Å²) in [5.41, 5.74) is 1.43. The fourth-order valence-electron chi connectivity index (χ4n) is 3.52. The number of hydrogen-bond acceptors (Lipinski definition) is 3. The maximum atomic E-state index is 3.79. The van der Waals surface area contributed by atoms with Crippen LogP contribution in [0.1, 0.15) is 24.8 Å². The van der Waals surface area contributed by atoms with E-state index in [1.54, 1.807) is 0 Å².